The Kier molecular flexibility index (Phi) is 3.94. The average molecular weight is 245 g/mol. The van der Waals surface area contributed by atoms with Crippen molar-refractivity contribution in [3.63, 3.8) is 0 Å². The van der Waals surface area contributed by atoms with Crippen molar-refractivity contribution < 1.29 is 9.90 Å². The zero-order valence-electron chi connectivity index (χ0n) is 9.39. The highest BCUT2D eigenvalue weighted by atomic mass is 32.1. The second-order valence-corrected chi connectivity index (χ2v) is 5.16. The molecule has 0 spiro atoms. The topological polar surface area (TPSA) is 40.1 Å². The van der Waals surface area contributed by atoms with Gasteiger partial charge in [-0.15, -0.1) is 11.3 Å². The van der Waals surface area contributed by atoms with E-state index in [1.165, 1.54) is 10.4 Å². The first-order chi connectivity index (χ1) is 8.24. The fraction of sp³-hybridized carbons (Fsp3) is 0.214. The Morgan fingerprint density at radius 2 is 1.71 bits per heavy atom. The lowest BCUT2D eigenvalue weighted by Crippen LogP contribution is -2.23. The van der Waals surface area contributed by atoms with Crippen molar-refractivity contribution in [2.45, 2.75) is 19.3 Å². The number of carbonyl (C=O) groups excluding carboxylic acids is 1. The van der Waals surface area contributed by atoms with Crippen LogP contribution in [0.15, 0.2) is 42.5 Å². The summed E-state index contributed by atoms with van der Waals surface area (Å²) in [5.41, 5.74) is 1.31. The summed E-state index contributed by atoms with van der Waals surface area (Å²) in [6.07, 6.45) is 1.98. The number of carboxylic acid groups (broad SMARTS) is 1. The molecule has 0 amide bonds. The normalized spacial score (nSPS) is 10.4. The molecule has 0 unspecified atom stereocenters. The lowest BCUT2D eigenvalue weighted by atomic mass is 10.1. The maximum absolute atomic E-state index is 10.5. The third kappa shape index (κ3) is 3.71. The van der Waals surface area contributed by atoms with Gasteiger partial charge in [0, 0.05) is 22.1 Å². The SMILES string of the molecule is O=C([O-])Cc1ccc(CCc2ccccc2)s1. The average Bonchev–Trinajstić information content (AvgIpc) is 2.75. The molecule has 0 aliphatic carbocycles. The molecule has 3 heteroatoms. The summed E-state index contributed by atoms with van der Waals surface area (Å²) in [5.74, 6) is -1.01. The number of carboxylic acids is 1. The molecule has 0 saturated carbocycles. The van der Waals surface area contributed by atoms with Gasteiger partial charge in [0.2, 0.25) is 0 Å². The summed E-state index contributed by atoms with van der Waals surface area (Å²) in [5, 5.41) is 10.5. The van der Waals surface area contributed by atoms with Crippen molar-refractivity contribution in [2.24, 2.45) is 0 Å². The minimum absolute atomic E-state index is 0.0238. The molecule has 88 valence electrons. The summed E-state index contributed by atoms with van der Waals surface area (Å²) < 4.78 is 0. The summed E-state index contributed by atoms with van der Waals surface area (Å²) >= 11 is 1.56. The largest absolute Gasteiger partial charge is 0.550 e. The predicted octanol–water partition coefficient (Wildman–Crippen LogP) is 1.83. The molecule has 1 aromatic heterocycles. The van der Waals surface area contributed by atoms with Crippen molar-refractivity contribution >= 4 is 17.3 Å². The number of rotatable bonds is 5. The van der Waals surface area contributed by atoms with Gasteiger partial charge in [0.05, 0.1) is 0 Å². The highest BCUT2D eigenvalue weighted by molar-refractivity contribution is 7.12. The molecule has 2 rings (SSSR count). The molecular formula is C14H13O2S-. The fourth-order valence-electron chi connectivity index (χ4n) is 1.71. The number of carbonyl (C=O) groups is 1. The molecule has 2 aromatic rings. The highest BCUT2D eigenvalue weighted by Gasteiger charge is 2.01. The van der Waals surface area contributed by atoms with E-state index < -0.39 is 5.97 Å². The van der Waals surface area contributed by atoms with E-state index in [1.807, 2.05) is 30.3 Å². The minimum atomic E-state index is -1.01. The van der Waals surface area contributed by atoms with Crippen LogP contribution in [0.2, 0.25) is 0 Å². The summed E-state index contributed by atoms with van der Waals surface area (Å²) in [4.78, 5) is 12.5. The van der Waals surface area contributed by atoms with Gasteiger partial charge in [-0.25, -0.2) is 0 Å². The van der Waals surface area contributed by atoms with Crippen molar-refractivity contribution in [1.82, 2.24) is 0 Å². The first kappa shape index (κ1) is 11.9. The maximum Gasteiger partial charge on any atom is 0.0466 e. The zero-order chi connectivity index (χ0) is 12.1. The van der Waals surface area contributed by atoms with Gasteiger partial charge >= 0.3 is 0 Å². The third-order valence-electron chi connectivity index (χ3n) is 2.54. The molecule has 0 bridgehead atoms. The van der Waals surface area contributed by atoms with Gasteiger partial charge in [0.1, 0.15) is 0 Å². The second kappa shape index (κ2) is 5.64. The molecule has 0 radical (unpaired) electrons. The molecule has 0 N–H and O–H groups in total. The van der Waals surface area contributed by atoms with E-state index in [1.54, 1.807) is 11.3 Å². The Balaban J connectivity index is 1.91. The molecule has 1 heterocycles. The van der Waals surface area contributed by atoms with E-state index in [0.29, 0.717) is 0 Å². The van der Waals surface area contributed by atoms with Gasteiger partial charge in [0.25, 0.3) is 0 Å². The Morgan fingerprint density at radius 3 is 2.41 bits per heavy atom. The lowest BCUT2D eigenvalue weighted by molar-refractivity contribution is -0.304. The smallest absolute Gasteiger partial charge is 0.0466 e. The Hall–Kier alpha value is -1.61. The van der Waals surface area contributed by atoms with Crippen LogP contribution in [0.25, 0.3) is 0 Å². The fourth-order valence-corrected chi connectivity index (χ4v) is 2.71. The Labute approximate surface area is 105 Å². The van der Waals surface area contributed by atoms with Crippen LogP contribution in [0.5, 0.6) is 0 Å². The Morgan fingerprint density at radius 1 is 1.00 bits per heavy atom. The quantitative estimate of drug-likeness (QED) is 0.806. The zero-order valence-corrected chi connectivity index (χ0v) is 10.2. The van der Waals surface area contributed by atoms with Gasteiger partial charge in [-0.05, 0) is 30.5 Å². The molecule has 17 heavy (non-hydrogen) atoms. The standard InChI is InChI=1S/C14H14O2S/c15-14(16)10-13-9-8-12(17-13)7-6-11-4-2-1-3-5-11/h1-5,8-9H,6-7,10H2,(H,15,16)/p-1. The molecule has 0 saturated heterocycles. The summed E-state index contributed by atoms with van der Waals surface area (Å²) in [7, 11) is 0. The molecule has 0 atom stereocenters. The van der Waals surface area contributed by atoms with Gasteiger partial charge in [-0.3, -0.25) is 0 Å². The van der Waals surface area contributed by atoms with E-state index in [4.69, 9.17) is 0 Å². The first-order valence-corrected chi connectivity index (χ1v) is 6.37. The molecule has 1 aromatic carbocycles. The number of benzene rings is 1. The second-order valence-electron chi connectivity index (χ2n) is 3.90. The Bertz CT molecular complexity index is 488. The van der Waals surface area contributed by atoms with Crippen molar-refractivity contribution in [3.8, 4) is 0 Å². The molecule has 0 aliphatic rings. The third-order valence-corrected chi connectivity index (χ3v) is 3.68. The number of hydrogen-bond acceptors (Lipinski definition) is 3. The van der Waals surface area contributed by atoms with Crippen LogP contribution in [0.1, 0.15) is 15.3 Å². The number of aliphatic carboxylic acids is 1. The molecule has 0 aliphatic heterocycles. The van der Waals surface area contributed by atoms with Crippen LogP contribution in [0.4, 0.5) is 0 Å². The number of hydrogen-bond donors (Lipinski definition) is 0. The van der Waals surface area contributed by atoms with Crippen LogP contribution in [-0.2, 0) is 24.1 Å². The lowest BCUT2D eigenvalue weighted by Gasteiger charge is -1.99. The summed E-state index contributed by atoms with van der Waals surface area (Å²) in [6, 6.07) is 14.2. The van der Waals surface area contributed by atoms with E-state index in [0.717, 1.165) is 17.7 Å². The molecular weight excluding hydrogens is 232 g/mol. The van der Waals surface area contributed by atoms with E-state index in [2.05, 4.69) is 12.1 Å². The maximum atomic E-state index is 10.5. The van der Waals surface area contributed by atoms with Crippen molar-refractivity contribution in [1.29, 1.82) is 0 Å². The molecule has 2 nitrogen and oxygen atoms in total. The number of aryl methyl sites for hydroxylation is 2. The van der Waals surface area contributed by atoms with Gasteiger partial charge in [0.15, 0.2) is 0 Å². The number of thiophene rings is 1. The highest BCUT2D eigenvalue weighted by Crippen LogP contribution is 2.18. The molecule has 0 fully saturated rings. The van der Waals surface area contributed by atoms with E-state index >= 15 is 0 Å². The van der Waals surface area contributed by atoms with Gasteiger partial charge in [-0.1, -0.05) is 30.3 Å². The van der Waals surface area contributed by atoms with E-state index in [9.17, 15) is 9.90 Å². The van der Waals surface area contributed by atoms with Gasteiger partial charge in [-0.2, -0.15) is 0 Å². The van der Waals surface area contributed by atoms with Crippen molar-refractivity contribution in [3.05, 3.63) is 57.8 Å². The van der Waals surface area contributed by atoms with Crippen LogP contribution < -0.4 is 5.11 Å². The first-order valence-electron chi connectivity index (χ1n) is 5.55. The summed E-state index contributed by atoms with van der Waals surface area (Å²) in [6.45, 7) is 0. The monoisotopic (exact) mass is 245 g/mol. The van der Waals surface area contributed by atoms with E-state index in [-0.39, 0.29) is 6.42 Å². The van der Waals surface area contributed by atoms with Crippen LogP contribution in [0, 0.1) is 0 Å². The van der Waals surface area contributed by atoms with Crippen molar-refractivity contribution in [2.75, 3.05) is 0 Å². The van der Waals surface area contributed by atoms with Crippen LogP contribution >= 0.6 is 11.3 Å². The predicted molar refractivity (Wildman–Crippen MR) is 66.9 cm³/mol. The minimum Gasteiger partial charge on any atom is -0.550 e. The van der Waals surface area contributed by atoms with Crippen LogP contribution in [0.3, 0.4) is 0 Å². The van der Waals surface area contributed by atoms with Crippen LogP contribution in [-0.4, -0.2) is 5.97 Å². The van der Waals surface area contributed by atoms with Gasteiger partial charge < -0.3 is 9.90 Å².